The summed E-state index contributed by atoms with van der Waals surface area (Å²) in [6.07, 6.45) is 0.513. The molecule has 1 aromatic heterocycles. The molecule has 1 atom stereocenters. The Morgan fingerprint density at radius 1 is 1.25 bits per heavy atom. The number of carbonyl (C=O) groups excluding carboxylic acids is 1. The topological polar surface area (TPSA) is 67.5 Å². The third-order valence-electron chi connectivity index (χ3n) is 4.62. The molecule has 0 spiro atoms. The first-order valence-electron chi connectivity index (χ1n) is 8.10. The van der Waals surface area contributed by atoms with Crippen LogP contribution in [0, 0.1) is 6.92 Å². The van der Waals surface area contributed by atoms with E-state index in [0.29, 0.717) is 12.2 Å². The van der Waals surface area contributed by atoms with Crippen LogP contribution in [0.25, 0.3) is 0 Å². The number of nitrogens with one attached hydrogen (secondary N) is 1. The monoisotopic (exact) mass is 329 g/mol. The Labute approximate surface area is 141 Å². The molecular formula is C18H23N3O3. The minimum Gasteiger partial charge on any atom is -0.354 e. The molecule has 0 aliphatic carbocycles. The van der Waals surface area contributed by atoms with Crippen LogP contribution in [0.15, 0.2) is 24.3 Å². The molecule has 1 amide bonds. The quantitative estimate of drug-likeness (QED) is 0.827. The Morgan fingerprint density at radius 2 is 1.92 bits per heavy atom. The van der Waals surface area contributed by atoms with Crippen LogP contribution in [0.2, 0.25) is 0 Å². The van der Waals surface area contributed by atoms with Gasteiger partial charge in [0.15, 0.2) is 12.0 Å². The fourth-order valence-corrected chi connectivity index (χ4v) is 3.22. The number of hydrogen-bond donors (Lipinski definition) is 1. The van der Waals surface area contributed by atoms with E-state index in [0.717, 1.165) is 23.2 Å². The first kappa shape index (κ1) is 16.7. The number of hydrogen-bond acceptors (Lipinski definition) is 4. The molecule has 1 aromatic carbocycles. The summed E-state index contributed by atoms with van der Waals surface area (Å²) in [4.78, 5) is 14.6. The molecule has 0 radical (unpaired) electrons. The van der Waals surface area contributed by atoms with Crippen molar-refractivity contribution in [3.8, 4) is 0 Å². The lowest BCUT2D eigenvalue weighted by Crippen LogP contribution is -2.38. The Morgan fingerprint density at radius 3 is 2.50 bits per heavy atom. The molecule has 24 heavy (non-hydrogen) atoms. The van der Waals surface area contributed by atoms with Gasteiger partial charge in [0.1, 0.15) is 0 Å². The largest absolute Gasteiger partial charge is 0.354 e. The van der Waals surface area contributed by atoms with Crippen molar-refractivity contribution in [1.29, 1.82) is 0 Å². The van der Waals surface area contributed by atoms with Crippen LogP contribution in [0.1, 0.15) is 45.8 Å². The molecule has 0 saturated carbocycles. The van der Waals surface area contributed by atoms with Gasteiger partial charge < -0.3 is 14.4 Å². The Hall–Kier alpha value is -2.18. The number of ether oxygens (including phenoxy) is 2. The Bertz CT molecular complexity index is 720. The first-order chi connectivity index (χ1) is 11.6. The molecule has 2 aromatic rings. The van der Waals surface area contributed by atoms with E-state index in [-0.39, 0.29) is 11.9 Å². The van der Waals surface area contributed by atoms with Gasteiger partial charge in [-0.1, -0.05) is 31.2 Å². The second-order valence-corrected chi connectivity index (χ2v) is 5.97. The van der Waals surface area contributed by atoms with Crippen molar-refractivity contribution in [2.75, 3.05) is 20.8 Å². The standard InChI is InChI=1S/C18H23N3O3/c1-5-12-6-8-13(9-7-12)17-15-11(2)19-20-16(15)18(22)21(17)10-14(23-3)24-4/h6-9,14,17H,5,10H2,1-4H3,(H,19,20). The minimum atomic E-state index is -0.473. The van der Waals surface area contributed by atoms with Crippen molar-refractivity contribution in [2.45, 2.75) is 32.6 Å². The van der Waals surface area contributed by atoms with Crippen LogP contribution in [0.3, 0.4) is 0 Å². The zero-order chi connectivity index (χ0) is 17.3. The van der Waals surface area contributed by atoms with E-state index in [1.165, 1.54) is 5.56 Å². The van der Waals surface area contributed by atoms with Crippen LogP contribution in [-0.4, -0.2) is 48.1 Å². The fourth-order valence-electron chi connectivity index (χ4n) is 3.22. The predicted molar refractivity (Wildman–Crippen MR) is 89.8 cm³/mol. The van der Waals surface area contributed by atoms with Crippen molar-refractivity contribution in [3.05, 3.63) is 52.3 Å². The summed E-state index contributed by atoms with van der Waals surface area (Å²) < 4.78 is 10.6. The summed E-state index contributed by atoms with van der Waals surface area (Å²) in [6.45, 7) is 4.42. The number of benzene rings is 1. The van der Waals surface area contributed by atoms with Crippen molar-refractivity contribution in [1.82, 2.24) is 15.1 Å². The average molecular weight is 329 g/mol. The number of fused-ring (bicyclic) bond motifs is 1. The van der Waals surface area contributed by atoms with Gasteiger partial charge in [-0.3, -0.25) is 9.89 Å². The van der Waals surface area contributed by atoms with E-state index in [4.69, 9.17) is 9.47 Å². The number of methoxy groups -OCH3 is 2. The molecular weight excluding hydrogens is 306 g/mol. The lowest BCUT2D eigenvalue weighted by molar-refractivity contribution is -0.113. The molecule has 0 bridgehead atoms. The molecule has 1 unspecified atom stereocenters. The second-order valence-electron chi connectivity index (χ2n) is 5.97. The highest BCUT2D eigenvalue weighted by Gasteiger charge is 2.42. The molecule has 128 valence electrons. The number of rotatable bonds is 6. The molecule has 6 heteroatoms. The van der Waals surface area contributed by atoms with Crippen molar-refractivity contribution in [3.63, 3.8) is 0 Å². The molecule has 2 heterocycles. The highest BCUT2D eigenvalue weighted by molar-refractivity contribution is 5.98. The van der Waals surface area contributed by atoms with Gasteiger partial charge >= 0.3 is 0 Å². The lowest BCUT2D eigenvalue weighted by Gasteiger charge is -2.29. The zero-order valence-corrected chi connectivity index (χ0v) is 14.5. The van der Waals surface area contributed by atoms with Gasteiger partial charge in [0.05, 0.1) is 12.6 Å². The van der Waals surface area contributed by atoms with Gasteiger partial charge in [0.25, 0.3) is 5.91 Å². The van der Waals surface area contributed by atoms with Crippen LogP contribution in [0.5, 0.6) is 0 Å². The van der Waals surface area contributed by atoms with Gasteiger partial charge in [0.2, 0.25) is 0 Å². The van der Waals surface area contributed by atoms with Gasteiger partial charge in [-0.15, -0.1) is 0 Å². The lowest BCUT2D eigenvalue weighted by atomic mass is 9.97. The van der Waals surface area contributed by atoms with Crippen LogP contribution in [0.4, 0.5) is 0 Å². The SMILES string of the molecule is CCc1ccc(C2c3c(n[nH]c3C)C(=O)N2CC(OC)OC)cc1. The second kappa shape index (κ2) is 6.75. The van der Waals surface area contributed by atoms with Crippen LogP contribution >= 0.6 is 0 Å². The summed E-state index contributed by atoms with van der Waals surface area (Å²) in [5.41, 5.74) is 4.68. The number of H-pyrrole nitrogens is 1. The molecule has 3 rings (SSSR count). The van der Waals surface area contributed by atoms with Crippen LogP contribution < -0.4 is 0 Å². The number of amides is 1. The minimum absolute atomic E-state index is 0.0991. The molecule has 1 N–H and O–H groups in total. The van der Waals surface area contributed by atoms with E-state index < -0.39 is 6.29 Å². The average Bonchev–Trinajstić information content (AvgIpc) is 3.12. The molecule has 0 saturated heterocycles. The van der Waals surface area contributed by atoms with E-state index in [1.54, 1.807) is 19.1 Å². The number of aromatic nitrogens is 2. The maximum absolute atomic E-state index is 12.8. The third-order valence-corrected chi connectivity index (χ3v) is 4.62. The first-order valence-corrected chi connectivity index (χ1v) is 8.10. The summed E-state index contributed by atoms with van der Waals surface area (Å²) in [7, 11) is 3.15. The molecule has 6 nitrogen and oxygen atoms in total. The number of nitrogens with zero attached hydrogens (tertiary/aromatic N) is 2. The molecule has 1 aliphatic rings. The molecule has 0 fully saturated rings. The summed E-state index contributed by atoms with van der Waals surface area (Å²) in [6, 6.07) is 8.20. The van der Waals surface area contributed by atoms with Gasteiger partial charge in [-0.25, -0.2) is 0 Å². The number of aromatic amines is 1. The van der Waals surface area contributed by atoms with E-state index in [2.05, 4.69) is 41.4 Å². The normalized spacial score (nSPS) is 17.0. The number of aryl methyl sites for hydroxylation is 2. The Balaban J connectivity index is 2.02. The summed E-state index contributed by atoms with van der Waals surface area (Å²) >= 11 is 0. The summed E-state index contributed by atoms with van der Waals surface area (Å²) in [5, 5.41) is 7.13. The van der Waals surface area contributed by atoms with Crippen molar-refractivity contribution < 1.29 is 14.3 Å². The van der Waals surface area contributed by atoms with E-state index in [9.17, 15) is 4.79 Å². The van der Waals surface area contributed by atoms with Crippen molar-refractivity contribution in [2.24, 2.45) is 0 Å². The highest BCUT2D eigenvalue weighted by Crippen LogP contribution is 2.39. The predicted octanol–water partition coefficient (Wildman–Crippen LogP) is 2.44. The molecule has 1 aliphatic heterocycles. The van der Waals surface area contributed by atoms with Gasteiger partial charge in [-0.2, -0.15) is 5.10 Å². The zero-order valence-electron chi connectivity index (χ0n) is 14.5. The van der Waals surface area contributed by atoms with Crippen molar-refractivity contribution >= 4 is 5.91 Å². The Kier molecular flexibility index (Phi) is 4.69. The highest BCUT2D eigenvalue weighted by atomic mass is 16.7. The van der Waals surface area contributed by atoms with Gasteiger partial charge in [-0.05, 0) is 24.5 Å². The maximum atomic E-state index is 12.8. The smallest absolute Gasteiger partial charge is 0.275 e. The maximum Gasteiger partial charge on any atom is 0.275 e. The van der Waals surface area contributed by atoms with Crippen LogP contribution in [-0.2, 0) is 15.9 Å². The fraction of sp³-hybridized carbons (Fsp3) is 0.444. The van der Waals surface area contributed by atoms with Gasteiger partial charge in [0, 0.05) is 25.5 Å². The summed E-state index contributed by atoms with van der Waals surface area (Å²) in [5.74, 6) is -0.0991. The number of carbonyl (C=O) groups is 1. The third kappa shape index (κ3) is 2.72. The van der Waals surface area contributed by atoms with E-state index in [1.807, 2.05) is 6.92 Å². The van der Waals surface area contributed by atoms with E-state index >= 15 is 0 Å².